The van der Waals surface area contributed by atoms with E-state index in [2.05, 4.69) is 4.98 Å². The highest BCUT2D eigenvalue weighted by atomic mass is 16.5. The van der Waals surface area contributed by atoms with Crippen LogP contribution in [0.2, 0.25) is 0 Å². The summed E-state index contributed by atoms with van der Waals surface area (Å²) >= 11 is 0. The number of hydrogen-bond donors (Lipinski definition) is 1. The van der Waals surface area contributed by atoms with Gasteiger partial charge in [0.15, 0.2) is 0 Å². The summed E-state index contributed by atoms with van der Waals surface area (Å²) in [5, 5.41) is 8.90. The second-order valence-corrected chi connectivity index (χ2v) is 4.68. The smallest absolute Gasteiger partial charge is 0.354 e. The first-order chi connectivity index (χ1) is 9.00. The van der Waals surface area contributed by atoms with Crippen LogP contribution >= 0.6 is 0 Å². The zero-order valence-electron chi connectivity index (χ0n) is 10.9. The summed E-state index contributed by atoms with van der Waals surface area (Å²) in [6, 6.07) is 2.78. The number of aromatic carboxylic acids is 1. The third kappa shape index (κ3) is 2.73. The summed E-state index contributed by atoms with van der Waals surface area (Å²) < 4.78 is 5.37. The molecule has 1 aliphatic rings. The summed E-state index contributed by atoms with van der Waals surface area (Å²) in [5.74, 6) is -1.33. The van der Waals surface area contributed by atoms with Crippen LogP contribution in [0.4, 0.5) is 0 Å². The van der Waals surface area contributed by atoms with Crippen LogP contribution in [0.3, 0.4) is 0 Å². The number of hydrogen-bond acceptors (Lipinski definition) is 4. The molecular formula is C13H16N2O4. The number of amides is 1. The van der Waals surface area contributed by atoms with Gasteiger partial charge in [0.05, 0.1) is 25.3 Å². The van der Waals surface area contributed by atoms with Crippen LogP contribution in [0.15, 0.2) is 18.3 Å². The van der Waals surface area contributed by atoms with E-state index in [1.165, 1.54) is 18.3 Å². The van der Waals surface area contributed by atoms with Gasteiger partial charge in [0.2, 0.25) is 0 Å². The second kappa shape index (κ2) is 5.36. The molecule has 0 saturated carbocycles. The van der Waals surface area contributed by atoms with Crippen molar-refractivity contribution in [2.45, 2.75) is 25.9 Å². The van der Waals surface area contributed by atoms with Crippen molar-refractivity contribution in [1.82, 2.24) is 9.88 Å². The van der Waals surface area contributed by atoms with Gasteiger partial charge in [0, 0.05) is 11.8 Å². The van der Waals surface area contributed by atoms with Crippen LogP contribution in [0, 0.1) is 0 Å². The number of ether oxygens (including phenoxy) is 1. The zero-order valence-corrected chi connectivity index (χ0v) is 10.9. The molecule has 1 aromatic heterocycles. The van der Waals surface area contributed by atoms with Crippen LogP contribution in [0.25, 0.3) is 0 Å². The molecular weight excluding hydrogens is 248 g/mol. The molecule has 0 spiro atoms. The Morgan fingerprint density at radius 1 is 1.37 bits per heavy atom. The van der Waals surface area contributed by atoms with Crippen LogP contribution < -0.4 is 0 Å². The highest BCUT2D eigenvalue weighted by Crippen LogP contribution is 2.17. The van der Waals surface area contributed by atoms with Crippen molar-refractivity contribution >= 4 is 11.9 Å². The number of aromatic nitrogens is 1. The Kier molecular flexibility index (Phi) is 3.80. The summed E-state index contributed by atoms with van der Waals surface area (Å²) in [6.45, 7) is 4.81. The summed E-state index contributed by atoms with van der Waals surface area (Å²) in [6.07, 6.45) is 1.34. The molecule has 2 unspecified atom stereocenters. The van der Waals surface area contributed by atoms with E-state index < -0.39 is 5.97 Å². The fourth-order valence-electron chi connectivity index (χ4n) is 2.23. The number of carboxylic acids is 1. The first kappa shape index (κ1) is 13.5. The van der Waals surface area contributed by atoms with Gasteiger partial charge in [-0.15, -0.1) is 0 Å². The zero-order chi connectivity index (χ0) is 14.0. The highest BCUT2D eigenvalue weighted by molar-refractivity contribution is 5.97. The first-order valence-corrected chi connectivity index (χ1v) is 6.10. The SMILES string of the molecule is CC1COCC(C)N1C(=O)c1ccnc(C(=O)O)c1. The quantitative estimate of drug-likeness (QED) is 0.863. The van der Waals surface area contributed by atoms with Crippen molar-refractivity contribution < 1.29 is 19.4 Å². The fourth-order valence-corrected chi connectivity index (χ4v) is 2.23. The Labute approximate surface area is 111 Å². The molecule has 6 nitrogen and oxygen atoms in total. The lowest BCUT2D eigenvalue weighted by Gasteiger charge is -2.38. The van der Waals surface area contributed by atoms with E-state index in [4.69, 9.17) is 9.84 Å². The molecule has 0 aliphatic carbocycles. The standard InChI is InChI=1S/C13H16N2O4/c1-8-6-19-7-9(2)15(8)12(16)10-3-4-14-11(5-10)13(17)18/h3-5,8-9H,6-7H2,1-2H3,(H,17,18). The molecule has 1 aliphatic heterocycles. The van der Waals surface area contributed by atoms with Crippen molar-refractivity contribution in [3.63, 3.8) is 0 Å². The Hall–Kier alpha value is -1.95. The van der Waals surface area contributed by atoms with Crippen molar-refractivity contribution in [2.75, 3.05) is 13.2 Å². The maximum Gasteiger partial charge on any atom is 0.354 e. The lowest BCUT2D eigenvalue weighted by molar-refractivity contribution is -0.0249. The first-order valence-electron chi connectivity index (χ1n) is 6.10. The molecule has 1 fully saturated rings. The Bertz CT molecular complexity index is 493. The van der Waals surface area contributed by atoms with Crippen molar-refractivity contribution in [3.05, 3.63) is 29.6 Å². The molecule has 1 aromatic rings. The van der Waals surface area contributed by atoms with Gasteiger partial charge >= 0.3 is 5.97 Å². The number of pyridine rings is 1. The normalized spacial score (nSPS) is 23.2. The minimum atomic E-state index is -1.14. The molecule has 6 heteroatoms. The molecule has 2 atom stereocenters. The van der Waals surface area contributed by atoms with E-state index in [-0.39, 0.29) is 23.7 Å². The Morgan fingerprint density at radius 2 is 2.00 bits per heavy atom. The number of rotatable bonds is 2. The number of carbonyl (C=O) groups excluding carboxylic acids is 1. The second-order valence-electron chi connectivity index (χ2n) is 4.68. The molecule has 1 amide bonds. The van der Waals surface area contributed by atoms with Crippen molar-refractivity contribution in [1.29, 1.82) is 0 Å². The van der Waals surface area contributed by atoms with Gasteiger partial charge in [-0.25, -0.2) is 9.78 Å². The molecule has 19 heavy (non-hydrogen) atoms. The summed E-state index contributed by atoms with van der Waals surface area (Å²) in [4.78, 5) is 28.8. The van der Waals surface area contributed by atoms with Crippen molar-refractivity contribution in [3.8, 4) is 0 Å². The predicted molar refractivity (Wildman–Crippen MR) is 67.1 cm³/mol. The van der Waals surface area contributed by atoms with Crippen LogP contribution in [0.5, 0.6) is 0 Å². The fraction of sp³-hybridized carbons (Fsp3) is 0.462. The van der Waals surface area contributed by atoms with E-state index in [0.717, 1.165) is 0 Å². The number of carbonyl (C=O) groups is 2. The molecule has 0 radical (unpaired) electrons. The number of nitrogens with zero attached hydrogens (tertiary/aromatic N) is 2. The Balaban J connectivity index is 2.27. The van der Waals surface area contributed by atoms with Crippen LogP contribution in [0.1, 0.15) is 34.7 Å². The van der Waals surface area contributed by atoms with Gasteiger partial charge in [-0.05, 0) is 26.0 Å². The third-order valence-electron chi connectivity index (χ3n) is 3.13. The molecule has 0 aromatic carbocycles. The lowest BCUT2D eigenvalue weighted by Crippen LogP contribution is -2.52. The van der Waals surface area contributed by atoms with E-state index in [1.54, 1.807) is 4.90 Å². The van der Waals surface area contributed by atoms with Crippen molar-refractivity contribution in [2.24, 2.45) is 0 Å². The van der Waals surface area contributed by atoms with E-state index in [9.17, 15) is 9.59 Å². The monoisotopic (exact) mass is 264 g/mol. The van der Waals surface area contributed by atoms with E-state index in [0.29, 0.717) is 18.8 Å². The molecule has 1 saturated heterocycles. The number of morpholine rings is 1. The topological polar surface area (TPSA) is 79.7 Å². The maximum atomic E-state index is 12.4. The summed E-state index contributed by atoms with van der Waals surface area (Å²) in [7, 11) is 0. The number of carboxylic acid groups (broad SMARTS) is 1. The molecule has 1 N–H and O–H groups in total. The maximum absolute atomic E-state index is 12.4. The van der Waals surface area contributed by atoms with E-state index in [1.807, 2.05) is 13.8 Å². The van der Waals surface area contributed by atoms with Gasteiger partial charge in [-0.1, -0.05) is 0 Å². The van der Waals surface area contributed by atoms with Crippen LogP contribution in [-0.4, -0.2) is 52.2 Å². The highest BCUT2D eigenvalue weighted by Gasteiger charge is 2.30. The van der Waals surface area contributed by atoms with Gasteiger partial charge < -0.3 is 14.7 Å². The average molecular weight is 264 g/mol. The van der Waals surface area contributed by atoms with Gasteiger partial charge in [-0.2, -0.15) is 0 Å². The van der Waals surface area contributed by atoms with Gasteiger partial charge in [0.25, 0.3) is 5.91 Å². The third-order valence-corrected chi connectivity index (χ3v) is 3.13. The molecule has 2 rings (SSSR count). The average Bonchev–Trinajstić information content (AvgIpc) is 2.38. The predicted octanol–water partition coefficient (Wildman–Crippen LogP) is 1.03. The summed E-state index contributed by atoms with van der Waals surface area (Å²) in [5.41, 5.74) is 0.215. The molecule has 2 heterocycles. The van der Waals surface area contributed by atoms with E-state index >= 15 is 0 Å². The lowest BCUT2D eigenvalue weighted by atomic mass is 10.1. The largest absolute Gasteiger partial charge is 0.477 e. The van der Waals surface area contributed by atoms with Crippen LogP contribution in [-0.2, 0) is 4.74 Å². The molecule has 0 bridgehead atoms. The molecule has 102 valence electrons. The minimum absolute atomic E-state index is 0.0299. The minimum Gasteiger partial charge on any atom is -0.477 e. The van der Waals surface area contributed by atoms with Gasteiger partial charge in [-0.3, -0.25) is 4.79 Å². The van der Waals surface area contributed by atoms with Gasteiger partial charge in [0.1, 0.15) is 5.69 Å². The Morgan fingerprint density at radius 3 is 2.58 bits per heavy atom.